The van der Waals surface area contributed by atoms with Crippen molar-refractivity contribution >= 4 is 15.9 Å². The predicted octanol–water partition coefficient (Wildman–Crippen LogP) is 4.68. The number of hydrogen-bond acceptors (Lipinski definition) is 3. The van der Waals surface area contributed by atoms with Crippen molar-refractivity contribution in [3.63, 3.8) is 0 Å². The Morgan fingerprint density at radius 1 is 0.875 bits per heavy atom. The number of nitrogens with zero attached hydrogens (tertiary/aromatic N) is 2. The number of carbonyl (C=O) groups excluding carboxylic acids is 1. The van der Waals surface area contributed by atoms with Gasteiger partial charge in [-0.3, -0.25) is 4.79 Å². The molecule has 1 atom stereocenters. The average molecular weight is 455 g/mol. The van der Waals surface area contributed by atoms with Crippen LogP contribution in [0.5, 0.6) is 0 Å². The SMILES string of the molecule is Cc1cc(C)c(C)c(S(=O)(=O)N2CCC(C(=O)N3CCC[C@@H]3c3ccccc3)CC2)c1C. The van der Waals surface area contributed by atoms with Crippen LogP contribution in [-0.2, 0) is 14.8 Å². The van der Waals surface area contributed by atoms with Crippen LogP contribution in [-0.4, -0.2) is 43.2 Å². The third kappa shape index (κ3) is 4.11. The monoisotopic (exact) mass is 454 g/mol. The number of carbonyl (C=O) groups is 1. The summed E-state index contributed by atoms with van der Waals surface area (Å²) in [5.41, 5.74) is 4.85. The molecular weight excluding hydrogens is 420 g/mol. The van der Waals surface area contributed by atoms with Crippen LogP contribution in [0.3, 0.4) is 0 Å². The van der Waals surface area contributed by atoms with Crippen molar-refractivity contribution < 1.29 is 13.2 Å². The van der Waals surface area contributed by atoms with Gasteiger partial charge in [0.2, 0.25) is 15.9 Å². The lowest BCUT2D eigenvalue weighted by molar-refractivity contribution is -0.137. The van der Waals surface area contributed by atoms with Crippen LogP contribution in [0.1, 0.15) is 59.5 Å². The molecule has 2 aromatic rings. The Bertz CT molecular complexity index is 1080. The van der Waals surface area contributed by atoms with Crippen LogP contribution < -0.4 is 0 Å². The summed E-state index contributed by atoms with van der Waals surface area (Å²) in [7, 11) is -3.58. The van der Waals surface area contributed by atoms with Gasteiger partial charge in [-0.2, -0.15) is 4.31 Å². The lowest BCUT2D eigenvalue weighted by Gasteiger charge is -2.35. The molecule has 0 bridgehead atoms. The molecule has 2 fully saturated rings. The van der Waals surface area contributed by atoms with Gasteiger partial charge in [0.1, 0.15) is 0 Å². The standard InChI is InChI=1S/C26H34N2O3S/c1-18-17-19(2)21(4)25(20(18)3)32(30,31)27-15-12-23(13-16-27)26(29)28-14-8-11-24(28)22-9-6-5-7-10-22/h5-7,9-10,17,23-24H,8,11-16H2,1-4H3/t24-/m1/s1. The summed E-state index contributed by atoms with van der Waals surface area (Å²) in [6.45, 7) is 9.29. The van der Waals surface area contributed by atoms with E-state index in [1.165, 1.54) is 5.56 Å². The molecule has 0 unspecified atom stereocenters. The van der Waals surface area contributed by atoms with Gasteiger partial charge in [-0.1, -0.05) is 36.4 Å². The molecule has 0 N–H and O–H groups in total. The fourth-order valence-corrected chi connectivity index (χ4v) is 7.37. The molecule has 1 amide bonds. The molecule has 0 radical (unpaired) electrons. The Labute approximate surface area is 192 Å². The summed E-state index contributed by atoms with van der Waals surface area (Å²) < 4.78 is 28.7. The first-order chi connectivity index (χ1) is 15.2. The minimum Gasteiger partial charge on any atom is -0.335 e. The second kappa shape index (κ2) is 8.99. The van der Waals surface area contributed by atoms with E-state index in [0.29, 0.717) is 30.8 Å². The van der Waals surface area contributed by atoms with E-state index in [2.05, 4.69) is 12.1 Å². The Hall–Kier alpha value is -2.18. The van der Waals surface area contributed by atoms with Crippen molar-refractivity contribution in [3.8, 4) is 0 Å². The molecule has 6 heteroatoms. The Kier molecular flexibility index (Phi) is 6.46. The lowest BCUT2D eigenvalue weighted by atomic mass is 9.95. The predicted molar refractivity (Wildman–Crippen MR) is 127 cm³/mol. The summed E-state index contributed by atoms with van der Waals surface area (Å²) in [6.07, 6.45) is 3.18. The van der Waals surface area contributed by atoms with E-state index in [-0.39, 0.29) is 17.9 Å². The molecule has 2 saturated heterocycles. The van der Waals surface area contributed by atoms with Crippen molar-refractivity contribution in [2.24, 2.45) is 5.92 Å². The average Bonchev–Trinajstić information content (AvgIpc) is 3.28. The van der Waals surface area contributed by atoms with Gasteiger partial charge in [0.05, 0.1) is 10.9 Å². The number of amides is 1. The Balaban J connectivity index is 1.48. The van der Waals surface area contributed by atoms with Crippen LogP contribution in [0.15, 0.2) is 41.3 Å². The third-order valence-corrected chi connectivity index (χ3v) is 9.59. The second-order valence-electron chi connectivity index (χ2n) is 9.37. The van der Waals surface area contributed by atoms with Crippen LogP contribution >= 0.6 is 0 Å². The maximum Gasteiger partial charge on any atom is 0.243 e. The fourth-order valence-electron chi connectivity index (χ4n) is 5.33. The molecule has 0 spiro atoms. The molecule has 0 saturated carbocycles. The van der Waals surface area contributed by atoms with Crippen molar-refractivity contribution in [2.75, 3.05) is 19.6 Å². The van der Waals surface area contributed by atoms with Gasteiger partial charge in [-0.15, -0.1) is 0 Å². The minimum absolute atomic E-state index is 0.104. The molecule has 32 heavy (non-hydrogen) atoms. The largest absolute Gasteiger partial charge is 0.335 e. The maximum atomic E-state index is 13.5. The highest BCUT2D eigenvalue weighted by Gasteiger charge is 2.38. The first-order valence-corrected chi connectivity index (χ1v) is 13.1. The first-order valence-electron chi connectivity index (χ1n) is 11.6. The van der Waals surface area contributed by atoms with Crippen LogP contribution in [0.25, 0.3) is 0 Å². The van der Waals surface area contributed by atoms with Gasteiger partial charge >= 0.3 is 0 Å². The number of piperidine rings is 1. The van der Waals surface area contributed by atoms with E-state index in [9.17, 15) is 13.2 Å². The van der Waals surface area contributed by atoms with Gasteiger partial charge in [0.25, 0.3) is 0 Å². The van der Waals surface area contributed by atoms with Crippen LogP contribution in [0, 0.1) is 33.6 Å². The highest BCUT2D eigenvalue weighted by Crippen LogP contribution is 2.36. The van der Waals surface area contributed by atoms with Crippen molar-refractivity contribution in [3.05, 3.63) is 64.2 Å². The molecule has 172 valence electrons. The topological polar surface area (TPSA) is 57.7 Å². The molecule has 2 heterocycles. The summed E-state index contributed by atoms with van der Waals surface area (Å²) in [5.74, 6) is 0.0827. The third-order valence-electron chi connectivity index (χ3n) is 7.42. The van der Waals surface area contributed by atoms with Gasteiger partial charge in [-0.25, -0.2) is 8.42 Å². The molecular formula is C26H34N2O3S. The number of aryl methyl sites for hydroxylation is 2. The number of rotatable bonds is 4. The normalized spacial score (nSPS) is 20.6. The van der Waals surface area contributed by atoms with Crippen molar-refractivity contribution in [2.45, 2.75) is 64.3 Å². The van der Waals surface area contributed by atoms with Gasteiger partial charge in [0, 0.05) is 25.6 Å². The molecule has 2 aromatic carbocycles. The number of likely N-dealkylation sites (tertiary alicyclic amines) is 1. The highest BCUT2D eigenvalue weighted by molar-refractivity contribution is 7.89. The smallest absolute Gasteiger partial charge is 0.243 e. The van der Waals surface area contributed by atoms with Crippen molar-refractivity contribution in [1.29, 1.82) is 0 Å². The molecule has 0 aliphatic carbocycles. The molecule has 0 aromatic heterocycles. The van der Waals surface area contributed by atoms with E-state index in [1.807, 2.05) is 56.9 Å². The molecule has 2 aliphatic rings. The summed E-state index contributed by atoms with van der Waals surface area (Å²) >= 11 is 0. The fraction of sp³-hybridized carbons (Fsp3) is 0.500. The molecule has 5 nitrogen and oxygen atoms in total. The quantitative estimate of drug-likeness (QED) is 0.674. The molecule has 2 aliphatic heterocycles. The van der Waals surface area contributed by atoms with Gasteiger partial charge in [-0.05, 0) is 81.2 Å². The molecule has 4 rings (SSSR count). The summed E-state index contributed by atoms with van der Waals surface area (Å²) in [6, 6.07) is 12.4. The second-order valence-corrected chi connectivity index (χ2v) is 11.2. The van der Waals surface area contributed by atoms with Gasteiger partial charge < -0.3 is 4.90 Å². The maximum absolute atomic E-state index is 13.5. The number of sulfonamides is 1. The van der Waals surface area contributed by atoms with Crippen LogP contribution in [0.4, 0.5) is 0 Å². The van der Waals surface area contributed by atoms with E-state index < -0.39 is 10.0 Å². The first kappa shape index (κ1) is 23.0. The zero-order valence-corrected chi connectivity index (χ0v) is 20.4. The summed E-state index contributed by atoms with van der Waals surface area (Å²) in [4.78, 5) is 15.8. The zero-order chi connectivity index (χ0) is 23.0. The zero-order valence-electron chi connectivity index (χ0n) is 19.6. The number of benzene rings is 2. The van der Waals surface area contributed by atoms with Gasteiger partial charge in [0.15, 0.2) is 0 Å². The van der Waals surface area contributed by atoms with E-state index in [4.69, 9.17) is 0 Å². The Morgan fingerprint density at radius 3 is 2.06 bits per heavy atom. The minimum atomic E-state index is -3.58. The van der Waals surface area contributed by atoms with Crippen molar-refractivity contribution in [1.82, 2.24) is 9.21 Å². The van der Waals surface area contributed by atoms with Crippen LogP contribution in [0.2, 0.25) is 0 Å². The lowest BCUT2D eigenvalue weighted by Crippen LogP contribution is -2.44. The van der Waals surface area contributed by atoms with E-state index in [1.54, 1.807) is 4.31 Å². The summed E-state index contributed by atoms with van der Waals surface area (Å²) in [5, 5.41) is 0. The number of hydrogen-bond donors (Lipinski definition) is 0. The Morgan fingerprint density at radius 2 is 1.47 bits per heavy atom. The van der Waals surface area contributed by atoms with E-state index in [0.717, 1.165) is 41.6 Å². The van der Waals surface area contributed by atoms with E-state index >= 15 is 0 Å². The highest BCUT2D eigenvalue weighted by atomic mass is 32.2.